The number of hydrogen-bond donors (Lipinski definition) is 4. The van der Waals surface area contributed by atoms with Crippen LogP contribution >= 0.6 is 23.5 Å². The molecule has 0 spiro atoms. The van der Waals surface area contributed by atoms with E-state index in [1.54, 1.807) is 23.5 Å². The Morgan fingerprint density at radius 1 is 0.905 bits per heavy atom. The monoisotopic (exact) mass is 326 g/mol. The molecule has 0 unspecified atom stereocenters. The SMILES string of the molecule is CCCCCCSc1cc(=C(N)N)c(SC)cc1=C(N)N. The van der Waals surface area contributed by atoms with E-state index in [2.05, 4.69) is 6.92 Å². The molecule has 0 amide bonds. The van der Waals surface area contributed by atoms with Crippen LogP contribution < -0.4 is 33.4 Å². The van der Waals surface area contributed by atoms with Crippen molar-refractivity contribution in [2.45, 2.75) is 42.4 Å². The van der Waals surface area contributed by atoms with Gasteiger partial charge in [0.25, 0.3) is 0 Å². The fourth-order valence-corrected chi connectivity index (χ4v) is 3.74. The van der Waals surface area contributed by atoms with Crippen molar-refractivity contribution in [3.63, 3.8) is 0 Å². The predicted molar refractivity (Wildman–Crippen MR) is 95.9 cm³/mol. The third-order valence-corrected chi connectivity index (χ3v) is 5.10. The van der Waals surface area contributed by atoms with E-state index >= 15 is 0 Å². The Kier molecular flexibility index (Phi) is 7.67. The van der Waals surface area contributed by atoms with Gasteiger partial charge in [-0.1, -0.05) is 26.2 Å². The van der Waals surface area contributed by atoms with E-state index in [0.29, 0.717) is 11.6 Å². The molecule has 0 aliphatic rings. The Morgan fingerprint density at radius 2 is 1.48 bits per heavy atom. The second-order valence-electron chi connectivity index (χ2n) is 4.87. The van der Waals surface area contributed by atoms with Gasteiger partial charge in [0.2, 0.25) is 0 Å². The van der Waals surface area contributed by atoms with E-state index in [1.165, 1.54) is 25.7 Å². The third kappa shape index (κ3) is 5.28. The summed E-state index contributed by atoms with van der Waals surface area (Å²) < 4.78 is 0. The fraction of sp³-hybridized carbons (Fsp3) is 0.467. The van der Waals surface area contributed by atoms with Crippen molar-refractivity contribution in [2.75, 3.05) is 12.0 Å². The number of rotatable bonds is 7. The summed E-state index contributed by atoms with van der Waals surface area (Å²) in [5, 5.41) is 1.74. The summed E-state index contributed by atoms with van der Waals surface area (Å²) in [6.07, 6.45) is 6.94. The zero-order valence-corrected chi connectivity index (χ0v) is 14.4. The normalized spacial score (nSPS) is 10.6. The third-order valence-electron chi connectivity index (χ3n) is 3.18. The lowest BCUT2D eigenvalue weighted by molar-refractivity contribution is 0.706. The van der Waals surface area contributed by atoms with Gasteiger partial charge in [0.1, 0.15) is 11.6 Å². The highest BCUT2D eigenvalue weighted by atomic mass is 32.2. The Balaban J connectivity index is 3.10. The molecular weight excluding hydrogens is 300 g/mol. The molecule has 1 rings (SSSR count). The molecule has 0 fully saturated rings. The minimum atomic E-state index is 0.328. The van der Waals surface area contributed by atoms with Crippen LogP contribution in [0.5, 0.6) is 0 Å². The molecule has 6 heteroatoms. The first-order chi connectivity index (χ1) is 10.0. The Labute approximate surface area is 135 Å². The second kappa shape index (κ2) is 9.00. The van der Waals surface area contributed by atoms with Crippen LogP contribution in [0.2, 0.25) is 0 Å². The quantitative estimate of drug-likeness (QED) is 0.441. The Bertz CT molecular complexity index is 576. The predicted octanol–water partition coefficient (Wildman–Crippen LogP) is 1.05. The molecule has 118 valence electrons. The molecule has 0 saturated heterocycles. The number of unbranched alkanes of at least 4 members (excludes halogenated alkanes) is 3. The highest BCUT2D eigenvalue weighted by Gasteiger charge is 2.05. The fourth-order valence-electron chi connectivity index (χ4n) is 2.01. The Hall–Kier alpha value is -1.14. The molecular formula is C15H26N4S2. The smallest absolute Gasteiger partial charge is 0.102 e. The zero-order chi connectivity index (χ0) is 15.8. The van der Waals surface area contributed by atoms with Crippen molar-refractivity contribution in [3.05, 3.63) is 22.6 Å². The van der Waals surface area contributed by atoms with Gasteiger partial charge in [-0.3, -0.25) is 0 Å². The number of nitrogens with two attached hydrogens (primary N) is 4. The highest BCUT2D eigenvalue weighted by Crippen LogP contribution is 2.17. The van der Waals surface area contributed by atoms with Crippen molar-refractivity contribution in [1.29, 1.82) is 0 Å². The van der Waals surface area contributed by atoms with Crippen LogP contribution in [-0.4, -0.2) is 12.0 Å². The van der Waals surface area contributed by atoms with Crippen LogP contribution in [0.15, 0.2) is 21.9 Å². The summed E-state index contributed by atoms with van der Waals surface area (Å²) in [7, 11) is 0. The van der Waals surface area contributed by atoms with E-state index < -0.39 is 0 Å². The average molecular weight is 327 g/mol. The minimum absolute atomic E-state index is 0.328. The molecule has 0 saturated carbocycles. The van der Waals surface area contributed by atoms with Crippen LogP contribution in [0.1, 0.15) is 32.6 Å². The van der Waals surface area contributed by atoms with Gasteiger partial charge in [0, 0.05) is 20.2 Å². The average Bonchev–Trinajstić information content (AvgIpc) is 2.45. The van der Waals surface area contributed by atoms with E-state index in [9.17, 15) is 0 Å². The van der Waals surface area contributed by atoms with Crippen LogP contribution in [-0.2, 0) is 0 Å². The second-order valence-corrected chi connectivity index (χ2v) is 6.85. The van der Waals surface area contributed by atoms with Crippen molar-refractivity contribution in [1.82, 2.24) is 0 Å². The first-order valence-corrected chi connectivity index (χ1v) is 9.33. The van der Waals surface area contributed by atoms with Gasteiger partial charge in [-0.25, -0.2) is 0 Å². The number of hydrogen-bond acceptors (Lipinski definition) is 6. The number of thioether (sulfide) groups is 2. The van der Waals surface area contributed by atoms with Gasteiger partial charge < -0.3 is 22.9 Å². The first kappa shape index (κ1) is 17.9. The van der Waals surface area contributed by atoms with E-state index in [-0.39, 0.29) is 0 Å². The van der Waals surface area contributed by atoms with Gasteiger partial charge in [-0.05, 0) is 30.6 Å². The minimum Gasteiger partial charge on any atom is -0.385 e. The lowest BCUT2D eigenvalue weighted by Crippen LogP contribution is -2.28. The summed E-state index contributed by atoms with van der Waals surface area (Å²) in [5.74, 6) is 1.71. The molecule has 0 atom stereocenters. The Morgan fingerprint density at radius 3 is 2.00 bits per heavy atom. The molecule has 4 nitrogen and oxygen atoms in total. The first-order valence-electron chi connectivity index (χ1n) is 7.12. The summed E-state index contributed by atoms with van der Waals surface area (Å²) >= 11 is 3.35. The molecule has 1 aromatic rings. The maximum atomic E-state index is 5.82. The molecule has 0 bridgehead atoms. The van der Waals surface area contributed by atoms with Crippen molar-refractivity contribution in [2.24, 2.45) is 22.9 Å². The van der Waals surface area contributed by atoms with Gasteiger partial charge in [0.15, 0.2) is 0 Å². The van der Waals surface area contributed by atoms with E-state index in [1.807, 2.05) is 18.4 Å². The molecule has 8 N–H and O–H groups in total. The lowest BCUT2D eigenvalue weighted by Gasteiger charge is -2.08. The van der Waals surface area contributed by atoms with Crippen molar-refractivity contribution >= 4 is 35.2 Å². The molecule has 0 aromatic heterocycles. The standard InChI is InChI=1S/C15H26N4S2/c1-3-4-5-6-7-21-13-9-10(14(16)17)12(20-2)8-11(13)15(18)19/h8-9H,3-7,16-19H2,1-2H3. The van der Waals surface area contributed by atoms with E-state index in [4.69, 9.17) is 22.9 Å². The maximum absolute atomic E-state index is 5.82. The van der Waals surface area contributed by atoms with Crippen molar-refractivity contribution < 1.29 is 0 Å². The maximum Gasteiger partial charge on any atom is 0.102 e. The van der Waals surface area contributed by atoms with Gasteiger partial charge in [-0.2, -0.15) is 0 Å². The van der Waals surface area contributed by atoms with Crippen LogP contribution in [0, 0.1) is 0 Å². The lowest BCUT2D eigenvalue weighted by atomic mass is 10.2. The number of benzene rings is 1. The molecule has 0 radical (unpaired) electrons. The summed E-state index contributed by atoms with van der Waals surface area (Å²) in [6.45, 7) is 2.21. The molecule has 1 aromatic carbocycles. The van der Waals surface area contributed by atoms with Gasteiger partial charge >= 0.3 is 0 Å². The summed E-state index contributed by atoms with van der Waals surface area (Å²) in [4.78, 5) is 2.04. The summed E-state index contributed by atoms with van der Waals surface area (Å²) in [5.41, 5.74) is 23.2. The molecule has 21 heavy (non-hydrogen) atoms. The zero-order valence-electron chi connectivity index (χ0n) is 12.8. The topological polar surface area (TPSA) is 104 Å². The van der Waals surface area contributed by atoms with Gasteiger partial charge in [-0.15, -0.1) is 23.5 Å². The van der Waals surface area contributed by atoms with Crippen LogP contribution in [0.3, 0.4) is 0 Å². The molecule has 0 aliphatic carbocycles. The van der Waals surface area contributed by atoms with E-state index in [0.717, 1.165) is 26.0 Å². The van der Waals surface area contributed by atoms with Gasteiger partial charge in [0.05, 0.1) is 0 Å². The molecule has 0 heterocycles. The highest BCUT2D eigenvalue weighted by molar-refractivity contribution is 7.99. The largest absolute Gasteiger partial charge is 0.385 e. The van der Waals surface area contributed by atoms with Crippen LogP contribution in [0.25, 0.3) is 11.6 Å². The molecule has 0 aliphatic heterocycles. The van der Waals surface area contributed by atoms with Crippen molar-refractivity contribution in [3.8, 4) is 0 Å². The summed E-state index contributed by atoms with van der Waals surface area (Å²) in [6, 6.07) is 3.98. The van der Waals surface area contributed by atoms with Crippen LogP contribution in [0.4, 0.5) is 0 Å².